The molecule has 0 radical (unpaired) electrons. The van der Waals surface area contributed by atoms with E-state index in [0.717, 1.165) is 53.8 Å². The van der Waals surface area contributed by atoms with Gasteiger partial charge in [-0.25, -0.2) is 9.97 Å². The minimum absolute atomic E-state index is 0.0836. The molecule has 158 valence electrons. The summed E-state index contributed by atoms with van der Waals surface area (Å²) < 4.78 is 7.07. The van der Waals surface area contributed by atoms with Crippen LogP contribution in [0.3, 0.4) is 0 Å². The summed E-state index contributed by atoms with van der Waals surface area (Å²) in [6.45, 7) is 1.98. The van der Waals surface area contributed by atoms with Crippen molar-refractivity contribution in [2.75, 3.05) is 18.5 Å². The van der Waals surface area contributed by atoms with Crippen LogP contribution in [0.1, 0.15) is 18.4 Å². The van der Waals surface area contributed by atoms with Gasteiger partial charge in [-0.15, -0.1) is 0 Å². The number of nitrogens with one attached hydrogen (secondary N) is 2. The highest BCUT2D eigenvalue weighted by molar-refractivity contribution is 6.35. The van der Waals surface area contributed by atoms with E-state index in [1.54, 1.807) is 29.2 Å². The van der Waals surface area contributed by atoms with Crippen molar-refractivity contribution < 1.29 is 4.74 Å². The zero-order valence-electron chi connectivity index (χ0n) is 16.8. The number of halogens is 1. The van der Waals surface area contributed by atoms with Crippen LogP contribution in [0.2, 0.25) is 5.02 Å². The van der Waals surface area contributed by atoms with Crippen LogP contribution in [0.25, 0.3) is 22.2 Å². The molecule has 1 aliphatic heterocycles. The molecule has 8 heteroatoms. The van der Waals surface area contributed by atoms with Crippen molar-refractivity contribution in [3.8, 4) is 11.3 Å². The number of nitrogens with zero attached hydrogens (tertiary/aromatic N) is 3. The van der Waals surface area contributed by atoms with Crippen molar-refractivity contribution in [3.05, 3.63) is 75.9 Å². The maximum absolute atomic E-state index is 12.7. The topological polar surface area (TPSA) is 84.8 Å². The zero-order chi connectivity index (χ0) is 21.2. The molecule has 0 amide bonds. The van der Waals surface area contributed by atoms with Crippen molar-refractivity contribution in [2.45, 2.75) is 25.4 Å². The van der Waals surface area contributed by atoms with Crippen molar-refractivity contribution in [1.29, 1.82) is 0 Å². The van der Waals surface area contributed by atoms with Gasteiger partial charge >= 0.3 is 0 Å². The number of pyridine rings is 1. The smallest absolute Gasteiger partial charge is 0.251 e. The normalized spacial score (nSPS) is 14.7. The van der Waals surface area contributed by atoms with E-state index in [9.17, 15) is 4.79 Å². The minimum atomic E-state index is -0.0836. The Labute approximate surface area is 184 Å². The van der Waals surface area contributed by atoms with Crippen LogP contribution in [0, 0.1) is 0 Å². The summed E-state index contributed by atoms with van der Waals surface area (Å²) in [5.41, 5.74) is 3.38. The Balaban J connectivity index is 1.35. The van der Waals surface area contributed by atoms with E-state index in [4.69, 9.17) is 16.3 Å². The zero-order valence-corrected chi connectivity index (χ0v) is 17.6. The Hall–Kier alpha value is -3.16. The molecule has 4 heterocycles. The second kappa shape index (κ2) is 8.53. The van der Waals surface area contributed by atoms with Crippen molar-refractivity contribution in [2.24, 2.45) is 0 Å². The molecule has 7 nitrogen and oxygen atoms in total. The minimum Gasteiger partial charge on any atom is -0.381 e. The fourth-order valence-corrected chi connectivity index (χ4v) is 4.06. The molecule has 1 fully saturated rings. The molecular formula is C23H22ClN5O2. The molecular weight excluding hydrogens is 414 g/mol. The first-order valence-corrected chi connectivity index (χ1v) is 10.7. The van der Waals surface area contributed by atoms with Gasteiger partial charge in [0.25, 0.3) is 5.56 Å². The standard InChI is InChI=1S/C23H22ClN5O2/c24-19-13-26-21-11-15(1-2-18(19)21)14-29-8-4-16(12-22(29)30)20-3-7-25-23(28-20)27-17-5-9-31-10-6-17/h1-4,7-8,11-13,17,26H,5-6,9-10,14H2,(H,25,27,28). The van der Waals surface area contributed by atoms with Crippen LogP contribution in [-0.4, -0.2) is 38.8 Å². The maximum atomic E-state index is 12.7. The number of aromatic amines is 1. The largest absolute Gasteiger partial charge is 0.381 e. The lowest BCUT2D eigenvalue weighted by atomic mass is 10.1. The molecule has 31 heavy (non-hydrogen) atoms. The van der Waals surface area contributed by atoms with Crippen molar-refractivity contribution in [3.63, 3.8) is 0 Å². The molecule has 0 saturated carbocycles. The Bertz CT molecular complexity index is 1280. The molecule has 1 aliphatic rings. The Morgan fingerprint density at radius 1 is 1.19 bits per heavy atom. The van der Waals surface area contributed by atoms with E-state index in [0.29, 0.717) is 23.6 Å². The SMILES string of the molecule is O=c1cc(-c2ccnc(NC3CCOCC3)n2)ccn1Cc1ccc2c(Cl)c[nH]c2c1. The van der Waals surface area contributed by atoms with Gasteiger partial charge in [0, 0.05) is 60.4 Å². The fraction of sp³-hybridized carbons (Fsp3) is 0.261. The summed E-state index contributed by atoms with van der Waals surface area (Å²) in [6.07, 6.45) is 7.15. The quantitative estimate of drug-likeness (QED) is 0.493. The third-order valence-electron chi connectivity index (χ3n) is 5.55. The number of hydrogen-bond acceptors (Lipinski definition) is 5. The van der Waals surface area contributed by atoms with Gasteiger partial charge in [0.05, 0.1) is 17.3 Å². The van der Waals surface area contributed by atoms with E-state index in [-0.39, 0.29) is 5.56 Å². The summed E-state index contributed by atoms with van der Waals surface area (Å²) >= 11 is 6.14. The van der Waals surface area contributed by atoms with Crippen LogP contribution >= 0.6 is 11.6 Å². The van der Waals surface area contributed by atoms with Crippen LogP contribution in [-0.2, 0) is 11.3 Å². The number of anilines is 1. The predicted molar refractivity (Wildman–Crippen MR) is 122 cm³/mol. The average molecular weight is 436 g/mol. The summed E-state index contributed by atoms with van der Waals surface area (Å²) in [4.78, 5) is 24.8. The average Bonchev–Trinajstić information content (AvgIpc) is 3.16. The van der Waals surface area contributed by atoms with E-state index in [1.807, 2.05) is 30.3 Å². The lowest BCUT2D eigenvalue weighted by Crippen LogP contribution is -2.28. The molecule has 5 rings (SSSR count). The van der Waals surface area contributed by atoms with Crippen LogP contribution < -0.4 is 10.9 Å². The number of H-pyrrole nitrogens is 1. The molecule has 3 aromatic heterocycles. The number of aromatic nitrogens is 4. The van der Waals surface area contributed by atoms with Crippen LogP contribution in [0.5, 0.6) is 0 Å². The molecule has 0 unspecified atom stereocenters. The highest BCUT2D eigenvalue weighted by Gasteiger charge is 2.15. The van der Waals surface area contributed by atoms with Crippen LogP contribution in [0.15, 0.2) is 59.8 Å². The predicted octanol–water partition coefficient (Wildman–Crippen LogP) is 4.08. The monoisotopic (exact) mass is 435 g/mol. The lowest BCUT2D eigenvalue weighted by Gasteiger charge is -2.23. The number of hydrogen-bond donors (Lipinski definition) is 2. The molecule has 0 spiro atoms. The lowest BCUT2D eigenvalue weighted by molar-refractivity contribution is 0.0903. The number of benzene rings is 1. The van der Waals surface area contributed by atoms with Crippen molar-refractivity contribution >= 4 is 28.5 Å². The van der Waals surface area contributed by atoms with E-state index >= 15 is 0 Å². The van der Waals surface area contributed by atoms with Gasteiger partial charge in [-0.05, 0) is 36.6 Å². The van der Waals surface area contributed by atoms with Gasteiger partial charge in [-0.2, -0.15) is 0 Å². The van der Waals surface area contributed by atoms with E-state index in [2.05, 4.69) is 20.3 Å². The highest BCUT2D eigenvalue weighted by Crippen LogP contribution is 2.24. The third-order valence-corrected chi connectivity index (χ3v) is 5.86. The summed E-state index contributed by atoms with van der Waals surface area (Å²) in [6, 6.07) is 11.6. The molecule has 0 aliphatic carbocycles. The van der Waals surface area contributed by atoms with Crippen molar-refractivity contribution in [1.82, 2.24) is 19.5 Å². The molecule has 4 aromatic rings. The summed E-state index contributed by atoms with van der Waals surface area (Å²) in [7, 11) is 0. The number of rotatable bonds is 5. The highest BCUT2D eigenvalue weighted by atomic mass is 35.5. The summed E-state index contributed by atoms with van der Waals surface area (Å²) in [5.74, 6) is 0.575. The Morgan fingerprint density at radius 2 is 2.06 bits per heavy atom. The third kappa shape index (κ3) is 4.33. The van der Waals surface area contributed by atoms with Gasteiger partial charge < -0.3 is 19.6 Å². The van der Waals surface area contributed by atoms with Gasteiger partial charge in [-0.1, -0.05) is 23.7 Å². The van der Waals surface area contributed by atoms with Gasteiger partial charge in [0.2, 0.25) is 5.95 Å². The molecule has 1 saturated heterocycles. The van der Waals surface area contributed by atoms with E-state index < -0.39 is 0 Å². The first-order chi connectivity index (χ1) is 15.2. The second-order valence-corrected chi connectivity index (χ2v) is 8.10. The maximum Gasteiger partial charge on any atom is 0.251 e. The van der Waals surface area contributed by atoms with E-state index in [1.165, 1.54) is 0 Å². The van der Waals surface area contributed by atoms with Gasteiger partial charge in [0.15, 0.2) is 0 Å². The Morgan fingerprint density at radius 3 is 2.90 bits per heavy atom. The number of fused-ring (bicyclic) bond motifs is 1. The van der Waals surface area contributed by atoms with Gasteiger partial charge in [0.1, 0.15) is 0 Å². The van der Waals surface area contributed by atoms with Gasteiger partial charge in [-0.3, -0.25) is 4.79 Å². The molecule has 0 bridgehead atoms. The molecule has 2 N–H and O–H groups in total. The first-order valence-electron chi connectivity index (χ1n) is 10.3. The Kier molecular flexibility index (Phi) is 5.44. The summed E-state index contributed by atoms with van der Waals surface area (Å²) in [5, 5.41) is 5.04. The second-order valence-electron chi connectivity index (χ2n) is 7.69. The number of ether oxygens (including phenoxy) is 1. The molecule has 1 aromatic carbocycles. The van der Waals surface area contributed by atoms with Crippen LogP contribution in [0.4, 0.5) is 5.95 Å². The first kappa shape index (κ1) is 19.8. The fourth-order valence-electron chi connectivity index (χ4n) is 3.84. The molecule has 0 atom stereocenters.